The maximum absolute atomic E-state index is 12.7. The SMILES string of the molecule is N#Cc1cccnc1N1CCN(C(=O)CCc2ccc(S(=O)(=O)N3CCCC3)cc2)CC1. The van der Waals surface area contributed by atoms with Crippen molar-refractivity contribution in [3.63, 3.8) is 0 Å². The summed E-state index contributed by atoms with van der Waals surface area (Å²) in [5, 5.41) is 9.27. The van der Waals surface area contributed by atoms with Gasteiger partial charge in [-0.3, -0.25) is 4.79 Å². The van der Waals surface area contributed by atoms with Gasteiger partial charge in [0.1, 0.15) is 11.9 Å². The standard InChI is InChI=1S/C23H27N5O3S/c24-18-20-4-3-11-25-23(20)27-16-14-26(15-17-27)22(29)10-7-19-5-8-21(9-6-19)32(30,31)28-12-1-2-13-28/h3-6,8-9,11H,1-2,7,10,12-17H2. The molecule has 2 saturated heterocycles. The van der Waals surface area contributed by atoms with Crippen LogP contribution in [0, 0.1) is 11.3 Å². The van der Waals surface area contributed by atoms with E-state index < -0.39 is 10.0 Å². The van der Waals surface area contributed by atoms with Crippen LogP contribution in [0.3, 0.4) is 0 Å². The molecule has 0 spiro atoms. The molecule has 1 aromatic heterocycles. The Bertz CT molecular complexity index is 1100. The Kier molecular flexibility index (Phi) is 6.72. The summed E-state index contributed by atoms with van der Waals surface area (Å²) in [6.45, 7) is 3.63. The van der Waals surface area contributed by atoms with E-state index in [1.54, 1.807) is 42.6 Å². The molecule has 2 aliphatic heterocycles. The summed E-state index contributed by atoms with van der Waals surface area (Å²) in [5.74, 6) is 0.756. The van der Waals surface area contributed by atoms with Gasteiger partial charge in [0.05, 0.1) is 10.5 Å². The van der Waals surface area contributed by atoms with Gasteiger partial charge in [0.15, 0.2) is 0 Å². The fraction of sp³-hybridized carbons (Fsp3) is 0.435. The smallest absolute Gasteiger partial charge is 0.243 e. The van der Waals surface area contributed by atoms with Gasteiger partial charge in [0, 0.05) is 51.9 Å². The van der Waals surface area contributed by atoms with Crippen LogP contribution in [0.1, 0.15) is 30.4 Å². The Morgan fingerprint density at radius 2 is 1.69 bits per heavy atom. The first-order chi connectivity index (χ1) is 15.5. The van der Waals surface area contributed by atoms with Gasteiger partial charge >= 0.3 is 0 Å². The molecule has 8 nitrogen and oxygen atoms in total. The van der Waals surface area contributed by atoms with Crippen molar-refractivity contribution in [1.29, 1.82) is 5.26 Å². The minimum absolute atomic E-state index is 0.0833. The van der Waals surface area contributed by atoms with Crippen molar-refractivity contribution in [3.05, 3.63) is 53.7 Å². The van der Waals surface area contributed by atoms with Crippen LogP contribution in [-0.2, 0) is 21.2 Å². The molecule has 0 atom stereocenters. The van der Waals surface area contributed by atoms with Gasteiger partial charge in [-0.05, 0) is 49.1 Å². The van der Waals surface area contributed by atoms with Crippen LogP contribution in [0.5, 0.6) is 0 Å². The zero-order chi connectivity index (χ0) is 22.6. The predicted octanol–water partition coefficient (Wildman–Crippen LogP) is 2.02. The summed E-state index contributed by atoms with van der Waals surface area (Å²) in [6, 6.07) is 12.6. The van der Waals surface area contributed by atoms with E-state index in [2.05, 4.69) is 11.1 Å². The maximum atomic E-state index is 12.7. The van der Waals surface area contributed by atoms with E-state index in [1.807, 2.05) is 9.80 Å². The lowest BCUT2D eigenvalue weighted by Gasteiger charge is -2.35. The molecule has 32 heavy (non-hydrogen) atoms. The number of hydrogen-bond acceptors (Lipinski definition) is 6. The number of carbonyl (C=O) groups is 1. The molecule has 0 radical (unpaired) electrons. The van der Waals surface area contributed by atoms with E-state index >= 15 is 0 Å². The van der Waals surface area contributed by atoms with Gasteiger partial charge in [0.25, 0.3) is 0 Å². The largest absolute Gasteiger partial charge is 0.352 e. The molecule has 0 unspecified atom stereocenters. The first kappa shape index (κ1) is 22.2. The highest BCUT2D eigenvalue weighted by molar-refractivity contribution is 7.89. The normalized spacial score (nSPS) is 17.3. The summed E-state index contributed by atoms with van der Waals surface area (Å²) in [4.78, 5) is 21.2. The minimum atomic E-state index is -3.41. The van der Waals surface area contributed by atoms with Crippen molar-refractivity contribution >= 4 is 21.7 Å². The van der Waals surface area contributed by atoms with E-state index in [0.29, 0.717) is 68.4 Å². The number of carbonyl (C=O) groups excluding carboxylic acids is 1. The average molecular weight is 454 g/mol. The molecule has 9 heteroatoms. The van der Waals surface area contributed by atoms with Crippen molar-refractivity contribution in [1.82, 2.24) is 14.2 Å². The number of anilines is 1. The van der Waals surface area contributed by atoms with E-state index in [9.17, 15) is 18.5 Å². The Balaban J connectivity index is 1.29. The second-order valence-corrected chi connectivity index (χ2v) is 10.0. The Morgan fingerprint density at radius 1 is 1.00 bits per heavy atom. The van der Waals surface area contributed by atoms with E-state index in [4.69, 9.17) is 0 Å². The number of aryl methyl sites for hydroxylation is 1. The second-order valence-electron chi connectivity index (χ2n) is 8.11. The number of pyridine rings is 1. The number of hydrogen-bond donors (Lipinski definition) is 0. The summed E-state index contributed by atoms with van der Waals surface area (Å²) < 4.78 is 26.8. The molecule has 3 heterocycles. The predicted molar refractivity (Wildman–Crippen MR) is 121 cm³/mol. The number of nitrogens with zero attached hydrogens (tertiary/aromatic N) is 5. The van der Waals surface area contributed by atoms with E-state index in [1.165, 1.54) is 4.31 Å². The molecular formula is C23H27N5O3S. The zero-order valence-electron chi connectivity index (χ0n) is 18.0. The molecule has 1 aromatic carbocycles. The molecule has 0 aliphatic carbocycles. The third kappa shape index (κ3) is 4.76. The summed E-state index contributed by atoms with van der Waals surface area (Å²) >= 11 is 0. The van der Waals surface area contributed by atoms with Crippen LogP contribution in [0.2, 0.25) is 0 Å². The summed E-state index contributed by atoms with van der Waals surface area (Å²) in [5.41, 5.74) is 1.49. The first-order valence-corrected chi connectivity index (χ1v) is 12.4. The molecule has 0 bridgehead atoms. The zero-order valence-corrected chi connectivity index (χ0v) is 18.8. The van der Waals surface area contributed by atoms with Crippen LogP contribution in [0.15, 0.2) is 47.5 Å². The fourth-order valence-corrected chi connectivity index (χ4v) is 5.74. The molecule has 1 amide bonds. The van der Waals surface area contributed by atoms with Crippen molar-refractivity contribution in [2.24, 2.45) is 0 Å². The Hall–Kier alpha value is -2.96. The van der Waals surface area contributed by atoms with E-state index in [-0.39, 0.29) is 5.91 Å². The molecule has 0 N–H and O–H groups in total. The molecule has 4 rings (SSSR count). The van der Waals surface area contributed by atoms with Crippen LogP contribution >= 0.6 is 0 Å². The second kappa shape index (κ2) is 9.67. The quantitative estimate of drug-likeness (QED) is 0.664. The lowest BCUT2D eigenvalue weighted by molar-refractivity contribution is -0.131. The number of benzene rings is 1. The number of amides is 1. The maximum Gasteiger partial charge on any atom is 0.243 e. The van der Waals surface area contributed by atoms with Gasteiger partial charge < -0.3 is 9.80 Å². The van der Waals surface area contributed by atoms with Crippen LogP contribution in [0.25, 0.3) is 0 Å². The fourth-order valence-electron chi connectivity index (χ4n) is 4.22. The number of sulfonamides is 1. The van der Waals surface area contributed by atoms with Crippen molar-refractivity contribution < 1.29 is 13.2 Å². The number of rotatable bonds is 6. The van der Waals surface area contributed by atoms with Gasteiger partial charge in [-0.15, -0.1) is 0 Å². The monoisotopic (exact) mass is 453 g/mol. The highest BCUT2D eigenvalue weighted by Gasteiger charge is 2.27. The first-order valence-electron chi connectivity index (χ1n) is 11.0. The lowest BCUT2D eigenvalue weighted by Crippen LogP contribution is -2.49. The molecule has 2 aromatic rings. The molecular weight excluding hydrogens is 426 g/mol. The highest BCUT2D eigenvalue weighted by Crippen LogP contribution is 2.22. The van der Waals surface area contributed by atoms with Crippen LogP contribution in [-0.4, -0.2) is 67.8 Å². The summed E-state index contributed by atoms with van der Waals surface area (Å²) in [6.07, 6.45) is 4.45. The van der Waals surface area contributed by atoms with Crippen LogP contribution < -0.4 is 4.90 Å². The van der Waals surface area contributed by atoms with Crippen molar-refractivity contribution in [3.8, 4) is 6.07 Å². The third-order valence-electron chi connectivity index (χ3n) is 6.09. The number of nitriles is 1. The molecule has 2 fully saturated rings. The Labute approximate surface area is 189 Å². The summed E-state index contributed by atoms with van der Waals surface area (Å²) in [7, 11) is -3.41. The average Bonchev–Trinajstić information content (AvgIpc) is 3.39. The highest BCUT2D eigenvalue weighted by atomic mass is 32.2. The Morgan fingerprint density at radius 3 is 2.34 bits per heavy atom. The van der Waals surface area contributed by atoms with Gasteiger partial charge in [-0.2, -0.15) is 9.57 Å². The topological polar surface area (TPSA) is 97.6 Å². The van der Waals surface area contributed by atoms with Crippen LogP contribution in [0.4, 0.5) is 5.82 Å². The number of aromatic nitrogens is 1. The minimum Gasteiger partial charge on any atom is -0.352 e. The van der Waals surface area contributed by atoms with Gasteiger partial charge in [-0.1, -0.05) is 12.1 Å². The molecule has 168 valence electrons. The molecule has 0 saturated carbocycles. The van der Waals surface area contributed by atoms with Crippen molar-refractivity contribution in [2.75, 3.05) is 44.2 Å². The van der Waals surface area contributed by atoms with Crippen molar-refractivity contribution in [2.45, 2.75) is 30.6 Å². The lowest BCUT2D eigenvalue weighted by atomic mass is 10.1. The van der Waals surface area contributed by atoms with Gasteiger partial charge in [0.2, 0.25) is 15.9 Å². The van der Waals surface area contributed by atoms with E-state index in [0.717, 1.165) is 18.4 Å². The van der Waals surface area contributed by atoms with Gasteiger partial charge in [-0.25, -0.2) is 13.4 Å². The third-order valence-corrected chi connectivity index (χ3v) is 8.01. The molecule has 2 aliphatic rings. The number of piperazine rings is 1.